The molecule has 0 spiro atoms. The van der Waals surface area contributed by atoms with Crippen LogP contribution >= 0.6 is 0 Å². The van der Waals surface area contributed by atoms with Gasteiger partial charge < -0.3 is 10.1 Å². The van der Waals surface area contributed by atoms with Crippen LogP contribution in [0.3, 0.4) is 0 Å². The molecule has 0 heterocycles. The molecule has 1 N–H and O–H groups in total. The third kappa shape index (κ3) is 8.85. The standard InChI is InChI=1S/C16H20F3NO3/c1-11(2)23-15(22)7-6-12-4-3-5-13(10-12)20-14(21)8-9-16(17,18)19/h3-5,10-11H,6-9H2,1-2H3,(H,20,21). The lowest BCUT2D eigenvalue weighted by Crippen LogP contribution is -2.16. The number of benzene rings is 1. The van der Waals surface area contributed by atoms with Crippen molar-refractivity contribution in [1.29, 1.82) is 0 Å². The molecule has 0 aromatic heterocycles. The molecule has 0 radical (unpaired) electrons. The maximum atomic E-state index is 12.1. The van der Waals surface area contributed by atoms with E-state index >= 15 is 0 Å². The Kier molecular flexibility index (Phi) is 7.06. The summed E-state index contributed by atoms with van der Waals surface area (Å²) in [6, 6.07) is 6.66. The average molecular weight is 331 g/mol. The van der Waals surface area contributed by atoms with E-state index in [1.165, 1.54) is 0 Å². The second kappa shape index (κ2) is 8.55. The molecule has 0 aliphatic heterocycles. The van der Waals surface area contributed by atoms with Crippen LogP contribution in [-0.4, -0.2) is 24.2 Å². The summed E-state index contributed by atoms with van der Waals surface area (Å²) < 4.78 is 41.2. The average Bonchev–Trinajstić information content (AvgIpc) is 2.42. The van der Waals surface area contributed by atoms with E-state index in [9.17, 15) is 22.8 Å². The van der Waals surface area contributed by atoms with E-state index in [-0.39, 0.29) is 18.5 Å². The molecule has 1 amide bonds. The van der Waals surface area contributed by atoms with Gasteiger partial charge in [-0.1, -0.05) is 12.1 Å². The highest BCUT2D eigenvalue weighted by Crippen LogP contribution is 2.22. The van der Waals surface area contributed by atoms with Gasteiger partial charge in [0, 0.05) is 18.5 Å². The van der Waals surface area contributed by atoms with E-state index in [2.05, 4.69) is 5.32 Å². The lowest BCUT2D eigenvalue weighted by atomic mass is 10.1. The molecule has 4 nitrogen and oxygen atoms in total. The van der Waals surface area contributed by atoms with Crippen LogP contribution in [0, 0.1) is 0 Å². The molecule has 1 aromatic rings. The second-order valence-corrected chi connectivity index (χ2v) is 5.40. The van der Waals surface area contributed by atoms with E-state index < -0.39 is 24.9 Å². The number of carbonyl (C=O) groups is 2. The normalized spacial score (nSPS) is 11.4. The van der Waals surface area contributed by atoms with Crippen molar-refractivity contribution in [2.45, 2.75) is 51.8 Å². The van der Waals surface area contributed by atoms with Gasteiger partial charge in [0.15, 0.2) is 0 Å². The Balaban J connectivity index is 2.50. The van der Waals surface area contributed by atoms with Gasteiger partial charge in [-0.25, -0.2) is 0 Å². The first kappa shape index (κ1) is 19.0. The molecule has 0 atom stereocenters. The fourth-order valence-electron chi connectivity index (χ4n) is 1.85. The topological polar surface area (TPSA) is 55.4 Å². The zero-order valence-corrected chi connectivity index (χ0v) is 13.1. The third-order valence-electron chi connectivity index (χ3n) is 2.83. The summed E-state index contributed by atoms with van der Waals surface area (Å²) in [5, 5.41) is 2.42. The highest BCUT2D eigenvalue weighted by molar-refractivity contribution is 5.90. The Morgan fingerprint density at radius 2 is 1.91 bits per heavy atom. The van der Waals surface area contributed by atoms with Crippen molar-refractivity contribution in [1.82, 2.24) is 0 Å². The van der Waals surface area contributed by atoms with Gasteiger partial charge in [-0.2, -0.15) is 13.2 Å². The van der Waals surface area contributed by atoms with E-state index in [0.29, 0.717) is 12.1 Å². The number of esters is 1. The number of halogens is 3. The van der Waals surface area contributed by atoms with Crippen LogP contribution in [0.25, 0.3) is 0 Å². The summed E-state index contributed by atoms with van der Waals surface area (Å²) in [6.45, 7) is 3.52. The number of rotatable bonds is 7. The summed E-state index contributed by atoms with van der Waals surface area (Å²) in [4.78, 5) is 22.9. The number of ether oxygens (including phenoxy) is 1. The van der Waals surface area contributed by atoms with Gasteiger partial charge in [0.05, 0.1) is 12.5 Å². The fraction of sp³-hybridized carbons (Fsp3) is 0.500. The van der Waals surface area contributed by atoms with Crippen LogP contribution in [0.2, 0.25) is 0 Å². The molecule has 0 aliphatic rings. The summed E-state index contributed by atoms with van der Waals surface area (Å²) in [6.07, 6.45) is -5.67. The van der Waals surface area contributed by atoms with Crippen molar-refractivity contribution in [3.05, 3.63) is 29.8 Å². The van der Waals surface area contributed by atoms with Gasteiger partial charge in [0.1, 0.15) is 0 Å². The van der Waals surface area contributed by atoms with Crippen molar-refractivity contribution in [3.8, 4) is 0 Å². The van der Waals surface area contributed by atoms with Crippen molar-refractivity contribution in [3.63, 3.8) is 0 Å². The highest BCUT2D eigenvalue weighted by Gasteiger charge is 2.27. The number of hydrogen-bond acceptors (Lipinski definition) is 3. The molecule has 23 heavy (non-hydrogen) atoms. The first-order valence-corrected chi connectivity index (χ1v) is 7.31. The van der Waals surface area contributed by atoms with Gasteiger partial charge in [-0.15, -0.1) is 0 Å². The minimum Gasteiger partial charge on any atom is -0.463 e. The van der Waals surface area contributed by atoms with Crippen LogP contribution in [0.1, 0.15) is 38.7 Å². The molecule has 1 aromatic carbocycles. The Morgan fingerprint density at radius 1 is 1.22 bits per heavy atom. The van der Waals surface area contributed by atoms with Crippen LogP contribution in [0.15, 0.2) is 24.3 Å². The molecule has 0 saturated heterocycles. The van der Waals surface area contributed by atoms with Crippen LogP contribution < -0.4 is 5.32 Å². The van der Waals surface area contributed by atoms with Crippen molar-refractivity contribution in [2.24, 2.45) is 0 Å². The van der Waals surface area contributed by atoms with E-state index in [4.69, 9.17) is 4.74 Å². The first-order chi connectivity index (χ1) is 10.7. The number of hydrogen-bond donors (Lipinski definition) is 1. The number of amides is 1. The molecular weight excluding hydrogens is 311 g/mol. The molecular formula is C16H20F3NO3. The first-order valence-electron chi connectivity index (χ1n) is 7.31. The molecule has 0 fully saturated rings. The molecule has 0 unspecified atom stereocenters. The number of nitrogens with one attached hydrogen (secondary N) is 1. The fourth-order valence-corrected chi connectivity index (χ4v) is 1.85. The third-order valence-corrected chi connectivity index (χ3v) is 2.83. The van der Waals surface area contributed by atoms with Crippen molar-refractivity contribution < 1.29 is 27.5 Å². The monoisotopic (exact) mass is 331 g/mol. The van der Waals surface area contributed by atoms with E-state index in [1.807, 2.05) is 0 Å². The predicted octanol–water partition coefficient (Wildman–Crippen LogP) is 3.85. The van der Waals surface area contributed by atoms with Gasteiger partial charge in [0.2, 0.25) is 5.91 Å². The Labute approximate surface area is 133 Å². The Hall–Kier alpha value is -2.05. The highest BCUT2D eigenvalue weighted by atomic mass is 19.4. The van der Waals surface area contributed by atoms with Crippen molar-refractivity contribution >= 4 is 17.6 Å². The Bertz CT molecular complexity index is 542. The summed E-state index contributed by atoms with van der Waals surface area (Å²) >= 11 is 0. The smallest absolute Gasteiger partial charge is 0.389 e. The largest absolute Gasteiger partial charge is 0.463 e. The predicted molar refractivity (Wildman–Crippen MR) is 79.9 cm³/mol. The molecule has 0 saturated carbocycles. The summed E-state index contributed by atoms with van der Waals surface area (Å²) in [5.74, 6) is -1.02. The minimum atomic E-state index is -4.35. The number of anilines is 1. The maximum absolute atomic E-state index is 12.1. The van der Waals surface area contributed by atoms with Crippen LogP contribution in [0.4, 0.5) is 18.9 Å². The van der Waals surface area contributed by atoms with E-state index in [1.54, 1.807) is 38.1 Å². The summed E-state index contributed by atoms with van der Waals surface area (Å²) in [7, 11) is 0. The number of carbonyl (C=O) groups excluding carboxylic acids is 2. The van der Waals surface area contributed by atoms with Crippen LogP contribution in [-0.2, 0) is 20.7 Å². The van der Waals surface area contributed by atoms with Gasteiger partial charge in [-0.05, 0) is 38.0 Å². The lowest BCUT2D eigenvalue weighted by Gasteiger charge is -2.10. The second-order valence-electron chi connectivity index (χ2n) is 5.40. The zero-order valence-electron chi connectivity index (χ0n) is 13.1. The summed E-state index contributed by atoms with van der Waals surface area (Å²) in [5.41, 5.74) is 1.20. The quantitative estimate of drug-likeness (QED) is 0.772. The molecule has 128 valence electrons. The SMILES string of the molecule is CC(C)OC(=O)CCc1cccc(NC(=O)CCC(F)(F)F)c1. The molecule has 0 aliphatic carbocycles. The van der Waals surface area contributed by atoms with Gasteiger partial charge in [-0.3, -0.25) is 9.59 Å². The van der Waals surface area contributed by atoms with Crippen LogP contribution in [0.5, 0.6) is 0 Å². The maximum Gasteiger partial charge on any atom is 0.389 e. The number of alkyl halides is 3. The van der Waals surface area contributed by atoms with Gasteiger partial charge in [0.25, 0.3) is 0 Å². The number of aryl methyl sites for hydroxylation is 1. The minimum absolute atomic E-state index is 0.179. The molecule has 7 heteroatoms. The Morgan fingerprint density at radius 3 is 2.52 bits per heavy atom. The van der Waals surface area contributed by atoms with Gasteiger partial charge >= 0.3 is 12.1 Å². The van der Waals surface area contributed by atoms with E-state index in [0.717, 1.165) is 5.56 Å². The van der Waals surface area contributed by atoms with Crippen molar-refractivity contribution in [2.75, 3.05) is 5.32 Å². The molecule has 1 rings (SSSR count). The zero-order chi connectivity index (χ0) is 17.5. The lowest BCUT2D eigenvalue weighted by molar-refractivity contribution is -0.147. The molecule has 0 bridgehead atoms.